The van der Waals surface area contributed by atoms with Crippen LogP contribution >= 0.6 is 0 Å². The summed E-state index contributed by atoms with van der Waals surface area (Å²) in [5.74, 6) is -0.558. The van der Waals surface area contributed by atoms with Crippen LogP contribution in [0.4, 0.5) is 0 Å². The maximum Gasteiger partial charge on any atom is 0.321 e. The second-order valence-corrected chi connectivity index (χ2v) is 5.02. The first-order valence-corrected chi connectivity index (χ1v) is 6.65. The molecule has 6 nitrogen and oxygen atoms in total. The van der Waals surface area contributed by atoms with Gasteiger partial charge in [0.25, 0.3) is 10.2 Å². The molecule has 0 amide bonds. The smallest absolute Gasteiger partial charge is 0.321 e. The highest BCUT2D eigenvalue weighted by Gasteiger charge is 2.28. The van der Waals surface area contributed by atoms with E-state index in [1.807, 2.05) is 0 Å². The molecular formula is C9H20N2O4S. The molecule has 0 saturated heterocycles. The molecule has 0 spiro atoms. The molecule has 0 rings (SSSR count). The normalized spacial score (nSPS) is 12.1. The molecule has 0 aliphatic heterocycles. The molecule has 0 heterocycles. The van der Waals surface area contributed by atoms with Crippen LogP contribution in [0.25, 0.3) is 0 Å². The second-order valence-electron chi connectivity index (χ2n) is 3.09. The molecule has 0 bridgehead atoms. The van der Waals surface area contributed by atoms with Crippen molar-refractivity contribution in [2.75, 3.05) is 33.3 Å². The zero-order valence-corrected chi connectivity index (χ0v) is 11.1. The number of nitrogens with zero attached hydrogens (tertiary/aromatic N) is 2. The summed E-state index contributed by atoms with van der Waals surface area (Å²) in [7, 11) is -2.32. The largest absolute Gasteiger partial charge is 0.468 e. The lowest BCUT2D eigenvalue weighted by molar-refractivity contribution is -0.140. The molecule has 16 heavy (non-hydrogen) atoms. The van der Waals surface area contributed by atoms with Crippen molar-refractivity contribution in [1.29, 1.82) is 0 Å². The van der Waals surface area contributed by atoms with Crippen molar-refractivity contribution >= 4 is 16.2 Å². The van der Waals surface area contributed by atoms with Gasteiger partial charge in [0, 0.05) is 19.6 Å². The third kappa shape index (κ3) is 3.73. The Hall–Kier alpha value is -0.660. The molecule has 0 unspecified atom stereocenters. The van der Waals surface area contributed by atoms with E-state index in [2.05, 4.69) is 4.74 Å². The summed E-state index contributed by atoms with van der Waals surface area (Å²) in [4.78, 5) is 11.1. The minimum absolute atomic E-state index is 0.244. The van der Waals surface area contributed by atoms with Gasteiger partial charge in [-0.2, -0.15) is 17.0 Å². The Balaban J connectivity index is 4.86. The van der Waals surface area contributed by atoms with Crippen molar-refractivity contribution in [3.63, 3.8) is 0 Å². The minimum atomic E-state index is -3.55. The Morgan fingerprint density at radius 1 is 1.06 bits per heavy atom. The van der Waals surface area contributed by atoms with Crippen LogP contribution in [0.2, 0.25) is 0 Å². The van der Waals surface area contributed by atoms with E-state index in [0.29, 0.717) is 13.1 Å². The van der Waals surface area contributed by atoms with E-state index in [-0.39, 0.29) is 13.1 Å². The molecule has 0 atom stereocenters. The van der Waals surface area contributed by atoms with Gasteiger partial charge in [-0.3, -0.25) is 4.79 Å². The Morgan fingerprint density at radius 2 is 1.50 bits per heavy atom. The molecule has 7 heteroatoms. The number of methoxy groups -OCH3 is 1. The quantitative estimate of drug-likeness (QED) is 0.601. The first-order chi connectivity index (χ1) is 7.43. The van der Waals surface area contributed by atoms with Crippen LogP contribution in [0, 0.1) is 0 Å². The third-order valence-electron chi connectivity index (χ3n) is 2.24. The number of carbonyl (C=O) groups excluding carboxylic acids is 1. The summed E-state index contributed by atoms with van der Waals surface area (Å²) in [6, 6.07) is 0. The average Bonchev–Trinajstić information content (AvgIpc) is 2.26. The fraction of sp³-hybridized carbons (Fsp3) is 0.889. The number of esters is 1. The topological polar surface area (TPSA) is 66.9 Å². The van der Waals surface area contributed by atoms with E-state index < -0.39 is 16.2 Å². The van der Waals surface area contributed by atoms with Gasteiger partial charge in [0.15, 0.2) is 0 Å². The second kappa shape index (κ2) is 6.82. The Bertz CT molecular complexity index is 311. The molecule has 0 aromatic carbocycles. The predicted molar refractivity (Wildman–Crippen MR) is 61.1 cm³/mol. The summed E-state index contributed by atoms with van der Waals surface area (Å²) >= 11 is 0. The van der Waals surface area contributed by atoms with Gasteiger partial charge in [-0.25, -0.2) is 0 Å². The Kier molecular flexibility index (Phi) is 6.54. The molecule has 0 radical (unpaired) electrons. The molecule has 0 aliphatic carbocycles. The standard InChI is InChI=1S/C9H20N2O4S/c1-5-10(6-2)16(13,14)11(7-3)8-9(12)15-4/h5-8H2,1-4H3. The van der Waals surface area contributed by atoms with Crippen LogP contribution in [-0.4, -0.2) is 56.3 Å². The number of hydrogen-bond donors (Lipinski definition) is 0. The van der Waals surface area contributed by atoms with Gasteiger partial charge in [-0.05, 0) is 0 Å². The predicted octanol–water partition coefficient (Wildman–Crippen LogP) is 0.0679. The van der Waals surface area contributed by atoms with Crippen LogP contribution < -0.4 is 0 Å². The van der Waals surface area contributed by atoms with Gasteiger partial charge in [-0.1, -0.05) is 20.8 Å². The third-order valence-corrected chi connectivity index (χ3v) is 4.45. The van der Waals surface area contributed by atoms with E-state index >= 15 is 0 Å². The summed E-state index contributed by atoms with van der Waals surface area (Å²) < 4.78 is 30.9. The first-order valence-electron chi connectivity index (χ1n) is 5.25. The maximum absolute atomic E-state index is 12.0. The number of rotatable bonds is 7. The highest BCUT2D eigenvalue weighted by atomic mass is 32.2. The van der Waals surface area contributed by atoms with E-state index in [0.717, 1.165) is 4.31 Å². The van der Waals surface area contributed by atoms with Crippen LogP contribution in [-0.2, 0) is 19.7 Å². The summed E-state index contributed by atoms with van der Waals surface area (Å²) in [5.41, 5.74) is 0. The fourth-order valence-electron chi connectivity index (χ4n) is 1.28. The summed E-state index contributed by atoms with van der Waals surface area (Å²) in [6.07, 6.45) is 0. The average molecular weight is 252 g/mol. The van der Waals surface area contributed by atoms with Gasteiger partial charge >= 0.3 is 5.97 Å². The van der Waals surface area contributed by atoms with Crippen LogP contribution in [0.1, 0.15) is 20.8 Å². The Labute approximate surface area is 97.3 Å². The van der Waals surface area contributed by atoms with Crippen LogP contribution in [0.15, 0.2) is 0 Å². The van der Waals surface area contributed by atoms with Crippen molar-refractivity contribution in [1.82, 2.24) is 8.61 Å². The zero-order chi connectivity index (χ0) is 12.8. The highest BCUT2D eigenvalue weighted by molar-refractivity contribution is 7.86. The summed E-state index contributed by atoms with van der Waals surface area (Å²) in [5, 5.41) is 0. The van der Waals surface area contributed by atoms with E-state index in [1.165, 1.54) is 11.4 Å². The molecule has 0 aromatic heterocycles. The van der Waals surface area contributed by atoms with Crippen molar-refractivity contribution < 1.29 is 17.9 Å². The van der Waals surface area contributed by atoms with E-state index in [9.17, 15) is 13.2 Å². The molecule has 0 aliphatic rings. The highest BCUT2D eigenvalue weighted by Crippen LogP contribution is 2.07. The molecule has 0 fully saturated rings. The minimum Gasteiger partial charge on any atom is -0.468 e. The maximum atomic E-state index is 12.0. The monoisotopic (exact) mass is 252 g/mol. The first kappa shape index (κ1) is 15.3. The van der Waals surface area contributed by atoms with Crippen LogP contribution in [0.5, 0.6) is 0 Å². The number of likely N-dealkylation sites (N-methyl/N-ethyl adjacent to an activating group) is 1. The Morgan fingerprint density at radius 3 is 1.81 bits per heavy atom. The van der Waals surface area contributed by atoms with E-state index in [1.54, 1.807) is 20.8 Å². The van der Waals surface area contributed by atoms with Gasteiger partial charge in [0.2, 0.25) is 0 Å². The van der Waals surface area contributed by atoms with Gasteiger partial charge in [0.05, 0.1) is 7.11 Å². The molecule has 0 saturated carbocycles. The van der Waals surface area contributed by atoms with Gasteiger partial charge in [0.1, 0.15) is 6.54 Å². The number of hydrogen-bond acceptors (Lipinski definition) is 4. The number of carbonyl (C=O) groups is 1. The van der Waals surface area contributed by atoms with Crippen molar-refractivity contribution in [3.05, 3.63) is 0 Å². The lowest BCUT2D eigenvalue weighted by atomic mass is 10.6. The van der Waals surface area contributed by atoms with Crippen molar-refractivity contribution in [2.45, 2.75) is 20.8 Å². The molecule has 96 valence electrons. The lowest BCUT2D eigenvalue weighted by Gasteiger charge is -2.26. The SMILES string of the molecule is CCN(CC)S(=O)(=O)N(CC)CC(=O)OC. The fourth-order valence-corrected chi connectivity index (χ4v) is 2.85. The summed E-state index contributed by atoms with van der Waals surface area (Å²) in [6.45, 7) is 5.97. The van der Waals surface area contributed by atoms with Crippen molar-refractivity contribution in [2.24, 2.45) is 0 Å². The number of ether oxygens (including phenoxy) is 1. The zero-order valence-electron chi connectivity index (χ0n) is 10.3. The van der Waals surface area contributed by atoms with Crippen molar-refractivity contribution in [3.8, 4) is 0 Å². The van der Waals surface area contributed by atoms with Crippen LogP contribution in [0.3, 0.4) is 0 Å². The van der Waals surface area contributed by atoms with E-state index in [4.69, 9.17) is 0 Å². The van der Waals surface area contributed by atoms with Gasteiger partial charge < -0.3 is 4.74 Å². The molecule has 0 aromatic rings. The molecule has 0 N–H and O–H groups in total. The molecular weight excluding hydrogens is 232 g/mol. The lowest BCUT2D eigenvalue weighted by Crippen LogP contribution is -2.45. The van der Waals surface area contributed by atoms with Gasteiger partial charge in [-0.15, -0.1) is 0 Å².